The number of hydrogen-bond acceptors (Lipinski definition) is 4. The van der Waals surface area contributed by atoms with E-state index in [0.717, 1.165) is 16.8 Å². The van der Waals surface area contributed by atoms with Crippen molar-refractivity contribution in [1.82, 2.24) is 0 Å². The molecule has 1 spiro atoms. The van der Waals surface area contributed by atoms with Gasteiger partial charge in [-0.05, 0) is 31.1 Å². The van der Waals surface area contributed by atoms with Gasteiger partial charge in [-0.3, -0.25) is 4.79 Å². The van der Waals surface area contributed by atoms with E-state index in [4.69, 9.17) is 4.74 Å². The number of para-hydroxylation sites is 1. The summed E-state index contributed by atoms with van der Waals surface area (Å²) in [7, 11) is -2.63. The smallest absolute Gasteiger partial charge is 0.264 e. The molecule has 2 N–H and O–H groups in total. The van der Waals surface area contributed by atoms with Gasteiger partial charge < -0.3 is 19.5 Å². The van der Waals surface area contributed by atoms with E-state index in [1.54, 1.807) is 0 Å². The topological polar surface area (TPSA) is 70.0 Å². The molecule has 2 aliphatic heterocycles. The third-order valence-electron chi connectivity index (χ3n) is 6.49. The van der Waals surface area contributed by atoms with Gasteiger partial charge in [-0.2, -0.15) is 0 Å². The molecule has 0 aliphatic carbocycles. The van der Waals surface area contributed by atoms with Gasteiger partial charge in [0.2, 0.25) is 0 Å². The molecule has 0 unspecified atom stereocenters. The molecule has 6 heteroatoms. The number of carbonyl (C=O) groups excluding carboxylic acids is 1. The van der Waals surface area contributed by atoms with Crippen molar-refractivity contribution in [2.24, 2.45) is 5.92 Å². The molecule has 1 amide bonds. The summed E-state index contributed by atoms with van der Waals surface area (Å²) in [6, 6.07) is 17.8. The number of fused-ring (bicyclic) bond motifs is 2. The van der Waals surface area contributed by atoms with E-state index in [1.165, 1.54) is 0 Å². The molecule has 2 aromatic rings. The van der Waals surface area contributed by atoms with E-state index in [-0.39, 0.29) is 30.1 Å². The first-order chi connectivity index (χ1) is 13.8. The second-order valence-corrected chi connectivity index (χ2v) is 12.7. The minimum absolute atomic E-state index is 0.0297. The highest BCUT2D eigenvalue weighted by Gasteiger charge is 2.65. The van der Waals surface area contributed by atoms with Crippen LogP contribution >= 0.6 is 0 Å². The molecule has 2 aromatic carbocycles. The van der Waals surface area contributed by atoms with Crippen molar-refractivity contribution in [1.29, 1.82) is 0 Å². The van der Waals surface area contributed by atoms with Crippen molar-refractivity contribution < 1.29 is 19.4 Å². The number of amides is 1. The number of ether oxygens (including phenoxy) is 1. The molecule has 2 heterocycles. The van der Waals surface area contributed by atoms with E-state index in [9.17, 15) is 14.7 Å². The maximum absolute atomic E-state index is 13.9. The highest BCUT2D eigenvalue weighted by Crippen LogP contribution is 2.59. The van der Waals surface area contributed by atoms with Gasteiger partial charge in [0.05, 0.1) is 18.3 Å². The third-order valence-corrected chi connectivity index (χ3v) is 8.99. The van der Waals surface area contributed by atoms with Crippen LogP contribution < -0.4 is 4.90 Å². The quantitative estimate of drug-likeness (QED) is 0.740. The van der Waals surface area contributed by atoms with Crippen LogP contribution in [0.5, 0.6) is 0 Å². The van der Waals surface area contributed by atoms with E-state index in [0.29, 0.717) is 13.0 Å². The third kappa shape index (κ3) is 3.15. The molecule has 154 valence electrons. The zero-order valence-electron chi connectivity index (χ0n) is 17.2. The molecule has 0 radical (unpaired) electrons. The molecule has 29 heavy (non-hydrogen) atoms. The highest BCUT2D eigenvalue weighted by atomic mass is 28.4. The summed E-state index contributed by atoms with van der Waals surface area (Å²) in [4.78, 5) is 26.7. The standard InChI is InChI=1S/C23H29NO4Si/c1-16-21(29(2,3)27)20(13-14-25)28-23(16)18-11-7-8-12-19(18)24(22(23)26)15-17-9-5-4-6-10-17/h4-12,16,20-21,25,27H,13-15H2,1-3H3/t16-,20+,21-,23+/m1/s1. The van der Waals surface area contributed by atoms with Crippen LogP contribution in [0.15, 0.2) is 54.6 Å². The number of rotatable bonds is 5. The van der Waals surface area contributed by atoms with Crippen molar-refractivity contribution >= 4 is 19.9 Å². The number of anilines is 1. The minimum Gasteiger partial charge on any atom is -0.432 e. The van der Waals surface area contributed by atoms with Gasteiger partial charge in [-0.1, -0.05) is 55.5 Å². The Morgan fingerprint density at radius 1 is 1.10 bits per heavy atom. The largest absolute Gasteiger partial charge is 0.432 e. The Hall–Kier alpha value is -1.99. The maximum atomic E-state index is 13.9. The van der Waals surface area contributed by atoms with Crippen LogP contribution in [-0.2, 0) is 21.7 Å². The summed E-state index contributed by atoms with van der Waals surface area (Å²) in [5, 5.41) is 9.59. The molecular weight excluding hydrogens is 382 g/mol. The first-order valence-corrected chi connectivity index (χ1v) is 13.3. The Bertz CT molecular complexity index is 897. The zero-order valence-corrected chi connectivity index (χ0v) is 18.2. The van der Waals surface area contributed by atoms with Gasteiger partial charge in [0.15, 0.2) is 13.9 Å². The van der Waals surface area contributed by atoms with E-state index in [1.807, 2.05) is 79.5 Å². The van der Waals surface area contributed by atoms with Crippen LogP contribution in [0.1, 0.15) is 24.5 Å². The first kappa shape index (κ1) is 20.3. The highest BCUT2D eigenvalue weighted by molar-refractivity contribution is 6.71. The van der Waals surface area contributed by atoms with E-state index in [2.05, 4.69) is 0 Å². The molecule has 1 saturated heterocycles. The lowest BCUT2D eigenvalue weighted by molar-refractivity contribution is -0.146. The van der Waals surface area contributed by atoms with Crippen molar-refractivity contribution in [3.05, 3.63) is 65.7 Å². The van der Waals surface area contributed by atoms with Gasteiger partial charge >= 0.3 is 0 Å². The molecule has 2 aliphatic rings. The molecule has 5 nitrogen and oxygen atoms in total. The van der Waals surface area contributed by atoms with Gasteiger partial charge in [0.1, 0.15) is 0 Å². The second-order valence-electron chi connectivity index (χ2n) is 8.77. The Balaban J connectivity index is 1.80. The van der Waals surface area contributed by atoms with Gasteiger partial charge in [-0.15, -0.1) is 0 Å². The minimum atomic E-state index is -2.63. The Morgan fingerprint density at radius 2 is 1.76 bits per heavy atom. The molecule has 0 saturated carbocycles. The predicted octanol–water partition coefficient (Wildman–Crippen LogP) is 3.41. The Labute approximate surface area is 173 Å². The lowest BCUT2D eigenvalue weighted by Crippen LogP contribution is -2.46. The van der Waals surface area contributed by atoms with Crippen LogP contribution in [0.2, 0.25) is 18.6 Å². The first-order valence-electron chi connectivity index (χ1n) is 10.3. The lowest BCUT2D eigenvalue weighted by atomic mass is 9.82. The number of hydrogen-bond donors (Lipinski definition) is 2. The Morgan fingerprint density at radius 3 is 2.41 bits per heavy atom. The fourth-order valence-corrected chi connectivity index (χ4v) is 7.95. The molecule has 0 bridgehead atoms. The fraction of sp³-hybridized carbons (Fsp3) is 0.435. The van der Waals surface area contributed by atoms with Crippen LogP contribution in [0.4, 0.5) is 5.69 Å². The monoisotopic (exact) mass is 411 g/mol. The molecule has 0 aromatic heterocycles. The normalized spacial score (nSPS) is 28.9. The summed E-state index contributed by atoms with van der Waals surface area (Å²) in [5.74, 6) is -0.251. The van der Waals surface area contributed by atoms with Crippen molar-refractivity contribution in [3.63, 3.8) is 0 Å². The summed E-state index contributed by atoms with van der Waals surface area (Å²) in [5.41, 5.74) is 1.55. The number of benzene rings is 2. The predicted molar refractivity (Wildman–Crippen MR) is 115 cm³/mol. The lowest BCUT2D eigenvalue weighted by Gasteiger charge is -2.32. The summed E-state index contributed by atoms with van der Waals surface area (Å²) in [6.07, 6.45) is 0.0809. The van der Waals surface area contributed by atoms with Gasteiger partial charge in [-0.25, -0.2) is 0 Å². The van der Waals surface area contributed by atoms with Crippen molar-refractivity contribution in [2.45, 2.75) is 50.2 Å². The number of aliphatic hydroxyl groups is 1. The average Bonchev–Trinajstić information content (AvgIpc) is 3.11. The van der Waals surface area contributed by atoms with Gasteiger partial charge in [0.25, 0.3) is 5.91 Å². The number of nitrogens with zero attached hydrogens (tertiary/aromatic N) is 1. The molecule has 4 rings (SSSR count). The average molecular weight is 412 g/mol. The van der Waals surface area contributed by atoms with Crippen molar-refractivity contribution in [3.8, 4) is 0 Å². The van der Waals surface area contributed by atoms with E-state index < -0.39 is 13.9 Å². The van der Waals surface area contributed by atoms with Crippen LogP contribution in [0, 0.1) is 5.92 Å². The fourth-order valence-electron chi connectivity index (χ4n) is 5.35. The summed E-state index contributed by atoms with van der Waals surface area (Å²) < 4.78 is 6.53. The summed E-state index contributed by atoms with van der Waals surface area (Å²) >= 11 is 0. The Kier molecular flexibility index (Phi) is 5.15. The van der Waals surface area contributed by atoms with Crippen LogP contribution in [0.3, 0.4) is 0 Å². The van der Waals surface area contributed by atoms with E-state index >= 15 is 0 Å². The number of aliphatic hydroxyl groups excluding tert-OH is 1. The van der Waals surface area contributed by atoms with Crippen LogP contribution in [-0.4, -0.2) is 36.8 Å². The van der Waals surface area contributed by atoms with Crippen molar-refractivity contribution in [2.75, 3.05) is 11.5 Å². The van der Waals surface area contributed by atoms with Gasteiger partial charge in [0, 0.05) is 23.6 Å². The number of carbonyl (C=O) groups is 1. The molecule has 4 atom stereocenters. The summed E-state index contributed by atoms with van der Waals surface area (Å²) in [6.45, 7) is 6.26. The molecule has 1 fully saturated rings. The molecular formula is C23H29NO4Si. The van der Waals surface area contributed by atoms with Crippen LogP contribution in [0.25, 0.3) is 0 Å². The SMILES string of the molecule is C[C@@H]1[C@@H]([Si](C)(C)O)[C@H](CCO)O[C@@]12C(=O)N(Cc1ccccc1)c1ccccc12. The zero-order chi connectivity index (χ0) is 20.8. The maximum Gasteiger partial charge on any atom is 0.264 e. The second kappa shape index (κ2) is 7.36.